The fourth-order valence-electron chi connectivity index (χ4n) is 1.72. The smallest absolute Gasteiger partial charge is 0.222 e. The van der Waals surface area contributed by atoms with Crippen LogP contribution in [0.5, 0.6) is 0 Å². The van der Waals surface area contributed by atoms with Gasteiger partial charge in [0.05, 0.1) is 6.04 Å². The number of nitrogens with one attached hydrogen (secondary N) is 1. The molecule has 1 atom stereocenters. The Bertz CT molecular complexity index is 309. The summed E-state index contributed by atoms with van der Waals surface area (Å²) in [4.78, 5) is 10.5. The fraction of sp³-hybridized carbons (Fsp3) is 0.364. The van der Waals surface area contributed by atoms with Gasteiger partial charge in [0.15, 0.2) is 0 Å². The van der Waals surface area contributed by atoms with E-state index in [0.29, 0.717) is 0 Å². The van der Waals surface area contributed by atoms with Crippen molar-refractivity contribution >= 4 is 12.0 Å². The molecule has 2 rings (SSSR count). The van der Waals surface area contributed by atoms with Crippen LogP contribution in [0, 0.1) is 0 Å². The van der Waals surface area contributed by atoms with Crippen LogP contribution in [-0.4, -0.2) is 12.3 Å². The highest BCUT2D eigenvalue weighted by molar-refractivity contribution is 5.67. The van der Waals surface area contributed by atoms with Gasteiger partial charge in [0.2, 0.25) is 6.29 Å². The fourth-order valence-corrected chi connectivity index (χ4v) is 1.72. The maximum atomic E-state index is 10.5. The maximum Gasteiger partial charge on any atom is 0.222 e. The van der Waals surface area contributed by atoms with Crippen LogP contribution in [-0.2, 0) is 11.2 Å². The molecule has 1 aliphatic rings. The highest BCUT2D eigenvalue weighted by Crippen LogP contribution is 2.22. The first kappa shape index (κ1) is 8.30. The SMILES string of the molecule is O=[C]C1CCCc2ccccc2N1. The third kappa shape index (κ3) is 1.72. The van der Waals surface area contributed by atoms with Gasteiger partial charge < -0.3 is 5.32 Å². The van der Waals surface area contributed by atoms with Crippen LogP contribution in [0.4, 0.5) is 5.69 Å². The van der Waals surface area contributed by atoms with E-state index in [1.165, 1.54) is 5.56 Å². The summed E-state index contributed by atoms with van der Waals surface area (Å²) in [5.41, 5.74) is 2.40. The van der Waals surface area contributed by atoms with Gasteiger partial charge in [-0.05, 0) is 30.9 Å². The van der Waals surface area contributed by atoms with Gasteiger partial charge in [0, 0.05) is 5.69 Å². The van der Waals surface area contributed by atoms with E-state index in [-0.39, 0.29) is 6.04 Å². The number of fused-ring (bicyclic) bond motifs is 1. The van der Waals surface area contributed by atoms with Crippen LogP contribution in [0.3, 0.4) is 0 Å². The number of benzene rings is 1. The summed E-state index contributed by atoms with van der Waals surface area (Å²) >= 11 is 0. The molecule has 0 spiro atoms. The van der Waals surface area contributed by atoms with Crippen molar-refractivity contribution in [1.82, 2.24) is 0 Å². The van der Waals surface area contributed by atoms with Crippen molar-refractivity contribution in [3.63, 3.8) is 0 Å². The van der Waals surface area contributed by atoms with Crippen LogP contribution in [0.15, 0.2) is 24.3 Å². The molecule has 1 N–H and O–H groups in total. The molecule has 1 heterocycles. The molecular formula is C11H12NO. The molecule has 0 fully saturated rings. The first-order valence-electron chi connectivity index (χ1n) is 4.62. The Morgan fingerprint density at radius 3 is 3.08 bits per heavy atom. The van der Waals surface area contributed by atoms with Crippen molar-refractivity contribution in [2.45, 2.75) is 25.3 Å². The Hall–Kier alpha value is -1.31. The highest BCUT2D eigenvalue weighted by Gasteiger charge is 2.14. The van der Waals surface area contributed by atoms with E-state index in [0.717, 1.165) is 24.9 Å². The molecule has 0 bridgehead atoms. The molecule has 0 aromatic heterocycles. The molecule has 13 heavy (non-hydrogen) atoms. The molecule has 2 nitrogen and oxygen atoms in total. The standard InChI is InChI=1S/C11H12NO/c13-8-10-6-3-5-9-4-1-2-7-11(9)12-10/h1-2,4,7,10,12H,3,5-6H2. The summed E-state index contributed by atoms with van der Waals surface area (Å²) in [6, 6.07) is 8.02. The molecule has 0 amide bonds. The van der Waals surface area contributed by atoms with Gasteiger partial charge >= 0.3 is 0 Å². The van der Waals surface area contributed by atoms with Crippen molar-refractivity contribution in [2.24, 2.45) is 0 Å². The maximum absolute atomic E-state index is 10.5. The van der Waals surface area contributed by atoms with Gasteiger partial charge in [-0.1, -0.05) is 18.2 Å². The average molecular weight is 174 g/mol. The molecule has 2 heteroatoms. The van der Waals surface area contributed by atoms with Gasteiger partial charge in [0.1, 0.15) is 0 Å². The van der Waals surface area contributed by atoms with Crippen molar-refractivity contribution in [1.29, 1.82) is 0 Å². The second kappa shape index (κ2) is 3.60. The first-order valence-corrected chi connectivity index (χ1v) is 4.62. The molecule has 0 aliphatic carbocycles. The van der Waals surface area contributed by atoms with Crippen molar-refractivity contribution in [3.8, 4) is 0 Å². The molecule has 1 aliphatic heterocycles. The van der Waals surface area contributed by atoms with E-state index in [2.05, 4.69) is 11.4 Å². The monoisotopic (exact) mass is 174 g/mol. The van der Waals surface area contributed by atoms with E-state index in [4.69, 9.17) is 0 Å². The van der Waals surface area contributed by atoms with Crippen LogP contribution in [0.1, 0.15) is 18.4 Å². The van der Waals surface area contributed by atoms with E-state index in [1.54, 1.807) is 0 Å². The van der Waals surface area contributed by atoms with E-state index in [9.17, 15) is 4.79 Å². The van der Waals surface area contributed by atoms with Crippen LogP contribution >= 0.6 is 0 Å². The minimum Gasteiger partial charge on any atom is -0.375 e. The number of aryl methyl sites for hydroxylation is 1. The van der Waals surface area contributed by atoms with E-state index < -0.39 is 0 Å². The van der Waals surface area contributed by atoms with E-state index in [1.807, 2.05) is 24.5 Å². The number of carbonyl (C=O) groups excluding carboxylic acids is 1. The molecule has 67 valence electrons. The van der Waals surface area contributed by atoms with Gasteiger partial charge in [-0.3, -0.25) is 4.79 Å². The molecule has 1 aromatic rings. The van der Waals surface area contributed by atoms with Crippen LogP contribution in [0.25, 0.3) is 0 Å². The quantitative estimate of drug-likeness (QED) is 0.704. The second-order valence-electron chi connectivity index (χ2n) is 3.36. The number of rotatable bonds is 1. The third-order valence-electron chi connectivity index (χ3n) is 2.43. The summed E-state index contributed by atoms with van der Waals surface area (Å²) in [5.74, 6) is 0. The zero-order valence-corrected chi connectivity index (χ0v) is 7.42. The predicted molar refractivity (Wildman–Crippen MR) is 52.5 cm³/mol. The average Bonchev–Trinajstić information content (AvgIpc) is 2.38. The van der Waals surface area contributed by atoms with Gasteiger partial charge in [0.25, 0.3) is 0 Å². The lowest BCUT2D eigenvalue weighted by Crippen LogP contribution is -2.19. The number of para-hydroxylation sites is 1. The Labute approximate surface area is 78.0 Å². The lowest BCUT2D eigenvalue weighted by molar-refractivity contribution is 0.539. The normalized spacial score (nSPS) is 21.1. The number of anilines is 1. The second-order valence-corrected chi connectivity index (χ2v) is 3.36. The molecule has 0 saturated heterocycles. The lowest BCUT2D eigenvalue weighted by atomic mass is 10.1. The van der Waals surface area contributed by atoms with Crippen molar-refractivity contribution in [2.75, 3.05) is 5.32 Å². The first-order chi connectivity index (χ1) is 6.40. The summed E-state index contributed by atoms with van der Waals surface area (Å²) in [6.45, 7) is 0. The third-order valence-corrected chi connectivity index (χ3v) is 2.43. The van der Waals surface area contributed by atoms with E-state index >= 15 is 0 Å². The Balaban J connectivity index is 2.28. The topological polar surface area (TPSA) is 29.1 Å². The van der Waals surface area contributed by atoms with Gasteiger partial charge in [-0.2, -0.15) is 0 Å². The summed E-state index contributed by atoms with van der Waals surface area (Å²) in [6.07, 6.45) is 5.03. The molecular weight excluding hydrogens is 162 g/mol. The molecule has 1 aromatic carbocycles. The molecule has 1 radical (unpaired) electrons. The summed E-state index contributed by atoms with van der Waals surface area (Å²) in [5, 5.41) is 3.19. The van der Waals surface area contributed by atoms with Gasteiger partial charge in [-0.15, -0.1) is 0 Å². The minimum absolute atomic E-state index is 0.122. The lowest BCUT2D eigenvalue weighted by Gasteiger charge is -2.10. The van der Waals surface area contributed by atoms with Crippen LogP contribution < -0.4 is 5.32 Å². The largest absolute Gasteiger partial charge is 0.375 e. The Morgan fingerprint density at radius 1 is 1.38 bits per heavy atom. The summed E-state index contributed by atoms with van der Waals surface area (Å²) in [7, 11) is 0. The zero-order chi connectivity index (χ0) is 9.10. The number of hydrogen-bond acceptors (Lipinski definition) is 2. The minimum atomic E-state index is -0.122. The Kier molecular flexibility index (Phi) is 2.30. The number of hydrogen-bond donors (Lipinski definition) is 1. The van der Waals surface area contributed by atoms with Crippen LogP contribution in [0.2, 0.25) is 0 Å². The van der Waals surface area contributed by atoms with Crippen molar-refractivity contribution < 1.29 is 4.79 Å². The molecule has 1 unspecified atom stereocenters. The Morgan fingerprint density at radius 2 is 2.23 bits per heavy atom. The van der Waals surface area contributed by atoms with Gasteiger partial charge in [-0.25, -0.2) is 0 Å². The molecule has 0 saturated carbocycles. The zero-order valence-electron chi connectivity index (χ0n) is 7.42. The highest BCUT2D eigenvalue weighted by atomic mass is 16.1. The van der Waals surface area contributed by atoms with Crippen molar-refractivity contribution in [3.05, 3.63) is 29.8 Å². The predicted octanol–water partition coefficient (Wildman–Crippen LogP) is 1.91. The summed E-state index contributed by atoms with van der Waals surface area (Å²) < 4.78 is 0.